The summed E-state index contributed by atoms with van der Waals surface area (Å²) in [6, 6.07) is 8.93. The van der Waals surface area contributed by atoms with Crippen LogP contribution in [0.2, 0.25) is 0 Å². The summed E-state index contributed by atoms with van der Waals surface area (Å²) in [4.78, 5) is 7.02. The number of halogens is 1. The third kappa shape index (κ3) is 4.57. The molecule has 2 saturated heterocycles. The van der Waals surface area contributed by atoms with E-state index >= 15 is 0 Å². The summed E-state index contributed by atoms with van der Waals surface area (Å²) in [5.74, 6) is 1.13. The minimum absolute atomic E-state index is 0.133. The van der Waals surface area contributed by atoms with Gasteiger partial charge >= 0.3 is 0 Å². The fraction of sp³-hybridized carbons (Fsp3) is 0.536. The molecule has 6 rings (SSSR count). The van der Waals surface area contributed by atoms with E-state index < -0.39 is 0 Å². The van der Waals surface area contributed by atoms with Crippen LogP contribution in [-0.2, 0) is 22.3 Å². The number of likely N-dealkylation sites (tertiary alicyclic amines) is 1. The van der Waals surface area contributed by atoms with Crippen LogP contribution in [0.15, 0.2) is 41.7 Å². The molecule has 7 heteroatoms. The van der Waals surface area contributed by atoms with Gasteiger partial charge in [0.1, 0.15) is 23.5 Å². The molecule has 0 bridgehead atoms. The summed E-state index contributed by atoms with van der Waals surface area (Å²) in [6.45, 7) is 3.89. The molecule has 3 atom stereocenters. The molecule has 2 aromatic rings. The van der Waals surface area contributed by atoms with Crippen LogP contribution in [0.5, 0.6) is 0 Å². The van der Waals surface area contributed by atoms with E-state index in [0.717, 1.165) is 93.0 Å². The van der Waals surface area contributed by atoms with E-state index in [0.29, 0.717) is 12.4 Å². The summed E-state index contributed by atoms with van der Waals surface area (Å²) >= 11 is 0. The monoisotopic (exact) mass is 479 g/mol. The predicted molar refractivity (Wildman–Crippen MR) is 132 cm³/mol. The Labute approximate surface area is 206 Å². The fourth-order valence-corrected chi connectivity index (χ4v) is 6.06. The maximum absolute atomic E-state index is 14.2. The third-order valence-corrected chi connectivity index (χ3v) is 7.86. The standard InChI is InChI=1S/C28H34FN3O3/c29-19-7-9-22-24(16-19)25(26(33)23-11-15-35-27(22)23)32-13-10-21(17-32)34-14-2-1-5-20-8-6-18-4-3-12-30-28(18)31-20/h6-9,16,21,25,27,33H,1-5,10-15,17H2,(H,30,31)/t21-,25-,27+/m1/s1. The van der Waals surface area contributed by atoms with Gasteiger partial charge in [-0.05, 0) is 79.8 Å². The zero-order valence-corrected chi connectivity index (χ0v) is 20.1. The quantitative estimate of drug-likeness (QED) is 0.544. The van der Waals surface area contributed by atoms with Crippen LogP contribution in [0.3, 0.4) is 0 Å². The number of aromatic nitrogens is 1. The molecular weight excluding hydrogens is 445 g/mol. The maximum Gasteiger partial charge on any atom is 0.129 e. The lowest BCUT2D eigenvalue weighted by Crippen LogP contribution is -2.33. The number of nitrogens with one attached hydrogen (secondary N) is 1. The Hall–Kier alpha value is -2.48. The molecule has 1 aromatic carbocycles. The molecular formula is C28H34FN3O3. The van der Waals surface area contributed by atoms with Gasteiger partial charge in [-0.2, -0.15) is 0 Å². The Bertz CT molecular complexity index is 1120. The second-order valence-electron chi connectivity index (χ2n) is 10.2. The van der Waals surface area contributed by atoms with Gasteiger partial charge in [0, 0.05) is 37.5 Å². The number of ether oxygens (including phenoxy) is 2. The number of aliphatic hydroxyl groups is 1. The van der Waals surface area contributed by atoms with E-state index in [1.807, 2.05) is 6.07 Å². The molecule has 6 nitrogen and oxygen atoms in total. The first-order valence-corrected chi connectivity index (χ1v) is 13.1. The molecule has 2 fully saturated rings. The number of pyridine rings is 1. The summed E-state index contributed by atoms with van der Waals surface area (Å²) < 4.78 is 26.2. The average Bonchev–Trinajstić information content (AvgIpc) is 3.54. The summed E-state index contributed by atoms with van der Waals surface area (Å²) in [6.07, 6.45) is 6.84. The smallest absolute Gasteiger partial charge is 0.129 e. The maximum atomic E-state index is 14.2. The number of anilines is 1. The molecule has 0 unspecified atom stereocenters. The van der Waals surface area contributed by atoms with Gasteiger partial charge in [-0.1, -0.05) is 12.1 Å². The number of hydrogen-bond donors (Lipinski definition) is 2. The van der Waals surface area contributed by atoms with Crippen molar-refractivity contribution in [3.63, 3.8) is 0 Å². The first kappa shape index (κ1) is 23.0. The molecule has 3 aliphatic heterocycles. The van der Waals surface area contributed by atoms with Crippen LogP contribution in [0.1, 0.15) is 66.6 Å². The zero-order valence-electron chi connectivity index (χ0n) is 20.1. The highest BCUT2D eigenvalue weighted by Crippen LogP contribution is 2.48. The Morgan fingerprint density at radius 1 is 1.17 bits per heavy atom. The van der Waals surface area contributed by atoms with Crippen LogP contribution in [0.25, 0.3) is 0 Å². The lowest BCUT2D eigenvalue weighted by atomic mass is 9.84. The predicted octanol–water partition coefficient (Wildman–Crippen LogP) is 5.02. The van der Waals surface area contributed by atoms with Crippen LogP contribution in [-0.4, -0.2) is 53.9 Å². The molecule has 0 spiro atoms. The van der Waals surface area contributed by atoms with Crippen molar-refractivity contribution in [2.45, 2.75) is 63.2 Å². The lowest BCUT2D eigenvalue weighted by molar-refractivity contribution is 0.0511. The van der Waals surface area contributed by atoms with Gasteiger partial charge in [-0.15, -0.1) is 0 Å². The number of rotatable bonds is 7. The van der Waals surface area contributed by atoms with Gasteiger partial charge in [0.25, 0.3) is 0 Å². The fourth-order valence-electron chi connectivity index (χ4n) is 6.06. The Balaban J connectivity index is 1.02. The number of nitrogens with zero attached hydrogens (tertiary/aromatic N) is 2. The first-order valence-electron chi connectivity index (χ1n) is 13.1. The Morgan fingerprint density at radius 2 is 2.11 bits per heavy atom. The van der Waals surface area contributed by atoms with E-state index in [-0.39, 0.29) is 24.1 Å². The van der Waals surface area contributed by atoms with Crippen molar-refractivity contribution in [3.05, 3.63) is 69.9 Å². The van der Waals surface area contributed by atoms with Crippen molar-refractivity contribution >= 4 is 5.82 Å². The number of aryl methyl sites for hydroxylation is 2. The average molecular weight is 480 g/mol. The summed E-state index contributed by atoms with van der Waals surface area (Å²) in [5, 5.41) is 14.5. The Kier molecular flexibility index (Phi) is 6.48. The van der Waals surface area contributed by atoms with Crippen molar-refractivity contribution in [2.24, 2.45) is 0 Å². The van der Waals surface area contributed by atoms with Crippen molar-refractivity contribution in [1.29, 1.82) is 0 Å². The van der Waals surface area contributed by atoms with Crippen LogP contribution < -0.4 is 5.32 Å². The summed E-state index contributed by atoms with van der Waals surface area (Å²) in [5.41, 5.74) is 5.23. The molecule has 4 aliphatic rings. The molecule has 4 heterocycles. The number of benzene rings is 1. The van der Waals surface area contributed by atoms with Crippen LogP contribution in [0.4, 0.5) is 10.2 Å². The highest BCUT2D eigenvalue weighted by molar-refractivity contribution is 5.47. The second-order valence-corrected chi connectivity index (χ2v) is 10.2. The van der Waals surface area contributed by atoms with Crippen LogP contribution >= 0.6 is 0 Å². The molecule has 186 valence electrons. The lowest BCUT2D eigenvalue weighted by Gasteiger charge is -2.35. The van der Waals surface area contributed by atoms with Crippen molar-refractivity contribution in [3.8, 4) is 0 Å². The molecule has 35 heavy (non-hydrogen) atoms. The number of unbranched alkanes of at least 4 members (excludes halogenated alkanes) is 1. The topological polar surface area (TPSA) is 66.9 Å². The van der Waals surface area contributed by atoms with Crippen molar-refractivity contribution in [1.82, 2.24) is 9.88 Å². The van der Waals surface area contributed by atoms with Gasteiger partial charge in [0.15, 0.2) is 0 Å². The third-order valence-electron chi connectivity index (χ3n) is 7.86. The largest absolute Gasteiger partial charge is 0.510 e. The first-order chi connectivity index (χ1) is 17.2. The van der Waals surface area contributed by atoms with E-state index in [4.69, 9.17) is 14.5 Å². The minimum atomic E-state index is -0.314. The highest BCUT2D eigenvalue weighted by Gasteiger charge is 2.42. The van der Waals surface area contributed by atoms with Crippen molar-refractivity contribution < 1.29 is 19.0 Å². The van der Waals surface area contributed by atoms with E-state index in [9.17, 15) is 9.50 Å². The van der Waals surface area contributed by atoms with E-state index in [1.54, 1.807) is 6.07 Å². The van der Waals surface area contributed by atoms with Gasteiger partial charge in [-0.3, -0.25) is 4.90 Å². The molecule has 0 amide bonds. The number of fused-ring (bicyclic) bond motifs is 4. The van der Waals surface area contributed by atoms with Gasteiger partial charge in [0.05, 0.1) is 18.8 Å². The van der Waals surface area contributed by atoms with Gasteiger partial charge < -0.3 is 19.9 Å². The number of aliphatic hydroxyl groups excluding tert-OH is 1. The van der Waals surface area contributed by atoms with Crippen molar-refractivity contribution in [2.75, 3.05) is 38.2 Å². The molecule has 0 saturated carbocycles. The highest BCUT2D eigenvalue weighted by atomic mass is 19.1. The van der Waals surface area contributed by atoms with E-state index in [1.165, 1.54) is 18.1 Å². The van der Waals surface area contributed by atoms with Crippen LogP contribution in [0, 0.1) is 5.82 Å². The Morgan fingerprint density at radius 3 is 3.06 bits per heavy atom. The minimum Gasteiger partial charge on any atom is -0.510 e. The van der Waals surface area contributed by atoms with Gasteiger partial charge in [-0.25, -0.2) is 9.37 Å². The van der Waals surface area contributed by atoms with E-state index in [2.05, 4.69) is 22.3 Å². The second kappa shape index (κ2) is 9.88. The normalized spacial score (nSPS) is 25.8. The summed E-state index contributed by atoms with van der Waals surface area (Å²) in [7, 11) is 0. The van der Waals surface area contributed by atoms with Gasteiger partial charge in [0.2, 0.25) is 0 Å². The zero-order chi connectivity index (χ0) is 23.8. The molecule has 1 aliphatic carbocycles. The molecule has 1 aromatic heterocycles. The number of hydrogen-bond acceptors (Lipinski definition) is 6. The molecule has 0 radical (unpaired) electrons. The molecule has 2 N–H and O–H groups in total. The SMILES string of the molecule is OC1=C2CCO[C@H]2c2ccc(F)cc2[C@H]1N1CC[C@@H](OCCCCc2ccc3c(n2)NCCC3)C1.